The highest BCUT2D eigenvalue weighted by Gasteiger charge is 2.36. The van der Waals surface area contributed by atoms with Crippen LogP contribution in [0.25, 0.3) is 0 Å². The minimum absolute atomic E-state index is 0.103. The summed E-state index contributed by atoms with van der Waals surface area (Å²) in [6.07, 6.45) is 0.619. The molecule has 1 fully saturated rings. The van der Waals surface area contributed by atoms with Crippen LogP contribution in [0.15, 0.2) is 24.3 Å². The molecule has 0 aliphatic heterocycles. The minimum atomic E-state index is -4.49. The van der Waals surface area contributed by atoms with Crippen molar-refractivity contribution in [3.63, 3.8) is 0 Å². The summed E-state index contributed by atoms with van der Waals surface area (Å²) >= 11 is 0. The van der Waals surface area contributed by atoms with E-state index in [0.717, 1.165) is 44.2 Å². The average Bonchev–Trinajstić information content (AvgIpc) is 2.60. The SMILES string of the molecule is CC(C)(C(=O)OCC(=O)NC1CCCCC1)c1cccc(C(F)(F)F)c1. The fourth-order valence-electron chi connectivity index (χ4n) is 3.03. The third-order valence-corrected chi connectivity index (χ3v) is 4.73. The summed E-state index contributed by atoms with van der Waals surface area (Å²) in [7, 11) is 0. The van der Waals surface area contributed by atoms with E-state index in [0.29, 0.717) is 0 Å². The van der Waals surface area contributed by atoms with Crippen LogP contribution in [0, 0.1) is 0 Å². The van der Waals surface area contributed by atoms with Gasteiger partial charge in [-0.15, -0.1) is 0 Å². The lowest BCUT2D eigenvalue weighted by atomic mass is 9.84. The van der Waals surface area contributed by atoms with Gasteiger partial charge in [0.15, 0.2) is 6.61 Å². The first kappa shape index (κ1) is 20.3. The van der Waals surface area contributed by atoms with E-state index < -0.39 is 29.7 Å². The molecule has 144 valence electrons. The summed E-state index contributed by atoms with van der Waals surface area (Å²) in [5.41, 5.74) is -1.94. The van der Waals surface area contributed by atoms with E-state index in [-0.39, 0.29) is 17.5 Å². The van der Waals surface area contributed by atoms with Crippen LogP contribution in [0.5, 0.6) is 0 Å². The second kappa shape index (κ2) is 8.10. The van der Waals surface area contributed by atoms with Crippen molar-refractivity contribution < 1.29 is 27.5 Å². The highest BCUT2D eigenvalue weighted by molar-refractivity contribution is 5.85. The highest BCUT2D eigenvalue weighted by Crippen LogP contribution is 2.33. The Labute approximate surface area is 151 Å². The van der Waals surface area contributed by atoms with Crippen molar-refractivity contribution in [2.75, 3.05) is 6.61 Å². The minimum Gasteiger partial charge on any atom is -0.455 e. The molecule has 1 aliphatic rings. The van der Waals surface area contributed by atoms with Crippen molar-refractivity contribution in [1.29, 1.82) is 0 Å². The molecule has 1 aromatic carbocycles. The molecule has 0 bridgehead atoms. The molecule has 1 saturated carbocycles. The van der Waals surface area contributed by atoms with Gasteiger partial charge in [-0.2, -0.15) is 13.2 Å². The molecule has 0 heterocycles. The van der Waals surface area contributed by atoms with E-state index in [4.69, 9.17) is 4.74 Å². The quantitative estimate of drug-likeness (QED) is 0.797. The normalized spacial score (nSPS) is 16.2. The topological polar surface area (TPSA) is 55.4 Å². The molecule has 0 aromatic heterocycles. The summed E-state index contributed by atoms with van der Waals surface area (Å²) in [5.74, 6) is -1.12. The predicted molar refractivity (Wildman–Crippen MR) is 90.4 cm³/mol. The van der Waals surface area contributed by atoms with Crippen LogP contribution < -0.4 is 5.32 Å². The number of benzene rings is 1. The van der Waals surface area contributed by atoms with Gasteiger partial charge in [-0.25, -0.2) is 0 Å². The number of alkyl halides is 3. The molecule has 1 N–H and O–H groups in total. The van der Waals surface area contributed by atoms with Crippen molar-refractivity contribution in [2.24, 2.45) is 0 Å². The molecule has 1 aliphatic carbocycles. The van der Waals surface area contributed by atoms with E-state index in [1.54, 1.807) is 0 Å². The molecule has 1 amide bonds. The lowest BCUT2D eigenvalue weighted by molar-refractivity contribution is -0.153. The predicted octanol–water partition coefficient (Wildman–Crippen LogP) is 3.98. The van der Waals surface area contributed by atoms with E-state index >= 15 is 0 Å². The van der Waals surface area contributed by atoms with Crippen molar-refractivity contribution in [3.05, 3.63) is 35.4 Å². The molecule has 4 nitrogen and oxygen atoms in total. The van der Waals surface area contributed by atoms with Gasteiger partial charge >= 0.3 is 12.1 Å². The Morgan fingerprint density at radius 2 is 1.73 bits per heavy atom. The second-order valence-electron chi connectivity index (χ2n) is 7.18. The largest absolute Gasteiger partial charge is 0.455 e. The van der Waals surface area contributed by atoms with Crippen molar-refractivity contribution in [1.82, 2.24) is 5.32 Å². The van der Waals surface area contributed by atoms with E-state index in [9.17, 15) is 22.8 Å². The zero-order valence-electron chi connectivity index (χ0n) is 15.0. The Bertz CT molecular complexity index is 650. The summed E-state index contributed by atoms with van der Waals surface area (Å²) in [5, 5.41) is 2.83. The first-order valence-corrected chi connectivity index (χ1v) is 8.75. The van der Waals surface area contributed by atoms with Gasteiger partial charge < -0.3 is 10.1 Å². The van der Waals surface area contributed by atoms with Gasteiger partial charge in [0.1, 0.15) is 0 Å². The standard InChI is InChI=1S/C19H24F3NO3/c1-18(2,13-7-6-8-14(11-13)19(20,21)22)17(25)26-12-16(24)23-15-9-4-3-5-10-15/h6-8,11,15H,3-5,9-10,12H2,1-2H3,(H,23,24). The van der Waals surface area contributed by atoms with Crippen molar-refractivity contribution in [3.8, 4) is 0 Å². The number of carbonyl (C=O) groups excluding carboxylic acids is 2. The highest BCUT2D eigenvalue weighted by atomic mass is 19.4. The van der Waals surface area contributed by atoms with Gasteiger partial charge in [-0.1, -0.05) is 37.5 Å². The van der Waals surface area contributed by atoms with Crippen LogP contribution >= 0.6 is 0 Å². The monoisotopic (exact) mass is 371 g/mol. The average molecular weight is 371 g/mol. The zero-order valence-corrected chi connectivity index (χ0v) is 15.0. The van der Waals surface area contributed by atoms with Crippen molar-refractivity contribution in [2.45, 2.75) is 63.6 Å². The molecule has 2 rings (SSSR count). The second-order valence-corrected chi connectivity index (χ2v) is 7.18. The Kier molecular flexibility index (Phi) is 6.31. The number of hydrogen-bond acceptors (Lipinski definition) is 3. The molecular formula is C19H24F3NO3. The number of halogens is 3. The maximum absolute atomic E-state index is 12.9. The van der Waals surface area contributed by atoms with Crippen LogP contribution in [-0.4, -0.2) is 24.5 Å². The summed E-state index contributed by atoms with van der Waals surface area (Å²) in [6, 6.07) is 4.68. The van der Waals surface area contributed by atoms with Crippen LogP contribution in [-0.2, 0) is 25.9 Å². The van der Waals surface area contributed by atoms with Gasteiger partial charge in [-0.05, 0) is 38.3 Å². The summed E-state index contributed by atoms with van der Waals surface area (Å²) in [6.45, 7) is 2.52. The molecule has 0 unspecified atom stereocenters. The molecule has 0 saturated heterocycles. The van der Waals surface area contributed by atoms with E-state index in [2.05, 4.69) is 5.32 Å². The molecular weight excluding hydrogens is 347 g/mol. The fraction of sp³-hybridized carbons (Fsp3) is 0.579. The number of carbonyl (C=O) groups is 2. The van der Waals surface area contributed by atoms with Crippen LogP contribution in [0.2, 0.25) is 0 Å². The van der Waals surface area contributed by atoms with Gasteiger partial charge in [0.2, 0.25) is 0 Å². The molecule has 0 spiro atoms. The Morgan fingerprint density at radius 3 is 2.35 bits per heavy atom. The maximum Gasteiger partial charge on any atom is 0.416 e. The molecule has 0 radical (unpaired) electrons. The van der Waals surface area contributed by atoms with Crippen LogP contribution in [0.4, 0.5) is 13.2 Å². The maximum atomic E-state index is 12.9. The number of rotatable bonds is 5. The van der Waals surface area contributed by atoms with Gasteiger partial charge in [-0.3, -0.25) is 9.59 Å². The lowest BCUT2D eigenvalue weighted by Crippen LogP contribution is -2.40. The first-order chi connectivity index (χ1) is 12.1. The Hall–Kier alpha value is -2.05. The fourth-order valence-corrected chi connectivity index (χ4v) is 3.03. The van der Waals surface area contributed by atoms with Gasteiger partial charge in [0.25, 0.3) is 5.91 Å². The van der Waals surface area contributed by atoms with E-state index in [1.807, 2.05) is 0 Å². The smallest absolute Gasteiger partial charge is 0.416 e. The Morgan fingerprint density at radius 1 is 1.12 bits per heavy atom. The molecule has 26 heavy (non-hydrogen) atoms. The number of esters is 1. The molecule has 0 atom stereocenters. The van der Waals surface area contributed by atoms with Crippen LogP contribution in [0.3, 0.4) is 0 Å². The number of ether oxygens (including phenoxy) is 1. The molecule has 1 aromatic rings. The lowest BCUT2D eigenvalue weighted by Gasteiger charge is -2.25. The number of hydrogen-bond donors (Lipinski definition) is 1. The molecule has 7 heteroatoms. The summed E-state index contributed by atoms with van der Waals surface area (Å²) in [4.78, 5) is 24.3. The third-order valence-electron chi connectivity index (χ3n) is 4.73. The Balaban J connectivity index is 1.96. The van der Waals surface area contributed by atoms with Crippen LogP contribution in [0.1, 0.15) is 57.1 Å². The van der Waals surface area contributed by atoms with Gasteiger partial charge in [0.05, 0.1) is 11.0 Å². The van der Waals surface area contributed by atoms with E-state index in [1.165, 1.54) is 26.0 Å². The number of amides is 1. The number of nitrogens with one attached hydrogen (secondary N) is 1. The van der Waals surface area contributed by atoms with Crippen molar-refractivity contribution >= 4 is 11.9 Å². The summed E-state index contributed by atoms with van der Waals surface area (Å²) < 4.78 is 43.7. The third kappa shape index (κ3) is 5.22. The van der Waals surface area contributed by atoms with Gasteiger partial charge in [0, 0.05) is 6.04 Å². The zero-order chi connectivity index (χ0) is 19.4. The first-order valence-electron chi connectivity index (χ1n) is 8.75.